The fraction of sp³-hybridized carbons (Fsp3) is 0.500. The lowest BCUT2D eigenvalue weighted by molar-refractivity contribution is 0.0934. The van der Waals surface area contributed by atoms with E-state index in [1.165, 1.54) is 0 Å². The summed E-state index contributed by atoms with van der Waals surface area (Å²) in [5, 5.41) is 2.80. The maximum atomic E-state index is 12.0. The highest BCUT2D eigenvalue weighted by Crippen LogP contribution is 2.29. The van der Waals surface area contributed by atoms with Crippen LogP contribution in [0.1, 0.15) is 35.7 Å². The van der Waals surface area contributed by atoms with Crippen LogP contribution in [-0.2, 0) is 4.74 Å². The van der Waals surface area contributed by atoms with Gasteiger partial charge in [0.25, 0.3) is 5.91 Å². The van der Waals surface area contributed by atoms with Crippen LogP contribution in [0.3, 0.4) is 0 Å². The molecule has 0 saturated carbocycles. The molecule has 100 valence electrons. The molecule has 0 radical (unpaired) electrons. The lowest BCUT2D eigenvalue weighted by atomic mass is 9.98. The van der Waals surface area contributed by atoms with Crippen molar-refractivity contribution in [3.05, 3.63) is 29.3 Å². The number of amides is 1. The number of rotatable bonds is 6. The molecular weight excluding hydrogens is 230 g/mol. The van der Waals surface area contributed by atoms with Gasteiger partial charge in [-0.2, -0.15) is 0 Å². The number of carbonyl (C=O) groups is 1. The van der Waals surface area contributed by atoms with Gasteiger partial charge in [0.1, 0.15) is 5.75 Å². The van der Waals surface area contributed by atoms with Crippen molar-refractivity contribution in [2.24, 2.45) is 0 Å². The minimum Gasteiger partial charge on any atom is -0.496 e. The Balaban J connectivity index is 2.94. The molecule has 0 bridgehead atoms. The molecule has 0 saturated heterocycles. The Bertz CT molecular complexity index is 402. The van der Waals surface area contributed by atoms with Crippen molar-refractivity contribution in [3.8, 4) is 5.75 Å². The lowest BCUT2D eigenvalue weighted by Gasteiger charge is -2.15. The first-order valence-corrected chi connectivity index (χ1v) is 6.05. The molecule has 1 aromatic rings. The van der Waals surface area contributed by atoms with Crippen LogP contribution in [-0.4, -0.2) is 33.3 Å². The Kier molecular flexibility index (Phi) is 5.65. The Labute approximate surface area is 108 Å². The van der Waals surface area contributed by atoms with Crippen molar-refractivity contribution in [2.45, 2.75) is 19.8 Å². The van der Waals surface area contributed by atoms with Gasteiger partial charge in [-0.25, -0.2) is 0 Å². The summed E-state index contributed by atoms with van der Waals surface area (Å²) in [6.45, 7) is 5.14. The van der Waals surface area contributed by atoms with Crippen LogP contribution in [0.2, 0.25) is 0 Å². The second-order valence-electron chi connectivity index (χ2n) is 4.33. The van der Waals surface area contributed by atoms with Gasteiger partial charge in [-0.15, -0.1) is 0 Å². The average Bonchev–Trinajstić information content (AvgIpc) is 2.37. The molecule has 1 N–H and O–H groups in total. The van der Waals surface area contributed by atoms with E-state index in [2.05, 4.69) is 19.2 Å². The van der Waals surface area contributed by atoms with Crippen LogP contribution < -0.4 is 10.1 Å². The largest absolute Gasteiger partial charge is 0.496 e. The van der Waals surface area contributed by atoms with Gasteiger partial charge in [-0.05, 0) is 17.5 Å². The Hall–Kier alpha value is -1.55. The van der Waals surface area contributed by atoms with Gasteiger partial charge in [-0.1, -0.05) is 26.0 Å². The fourth-order valence-corrected chi connectivity index (χ4v) is 1.78. The van der Waals surface area contributed by atoms with Gasteiger partial charge in [-0.3, -0.25) is 4.79 Å². The second kappa shape index (κ2) is 7.01. The van der Waals surface area contributed by atoms with Crippen molar-refractivity contribution in [1.82, 2.24) is 5.32 Å². The second-order valence-corrected chi connectivity index (χ2v) is 4.33. The smallest absolute Gasteiger partial charge is 0.255 e. The number of hydrogen-bond donors (Lipinski definition) is 1. The number of methoxy groups -OCH3 is 2. The molecule has 0 fully saturated rings. The third-order valence-corrected chi connectivity index (χ3v) is 2.71. The topological polar surface area (TPSA) is 47.6 Å². The van der Waals surface area contributed by atoms with Crippen LogP contribution in [0, 0.1) is 0 Å². The fourth-order valence-electron chi connectivity index (χ4n) is 1.78. The van der Waals surface area contributed by atoms with E-state index in [-0.39, 0.29) is 5.91 Å². The highest BCUT2D eigenvalue weighted by atomic mass is 16.5. The average molecular weight is 251 g/mol. The van der Waals surface area contributed by atoms with Crippen LogP contribution in [0.5, 0.6) is 5.75 Å². The van der Waals surface area contributed by atoms with Gasteiger partial charge < -0.3 is 14.8 Å². The molecule has 0 aromatic heterocycles. The van der Waals surface area contributed by atoms with E-state index in [4.69, 9.17) is 9.47 Å². The van der Waals surface area contributed by atoms with E-state index in [0.717, 1.165) is 5.56 Å². The third kappa shape index (κ3) is 3.47. The monoisotopic (exact) mass is 251 g/mol. The summed E-state index contributed by atoms with van der Waals surface area (Å²) < 4.78 is 10.3. The zero-order valence-electron chi connectivity index (χ0n) is 11.4. The minimum atomic E-state index is -0.133. The minimum absolute atomic E-state index is 0.133. The molecule has 0 aliphatic rings. The normalized spacial score (nSPS) is 10.5. The Morgan fingerprint density at radius 2 is 2.06 bits per heavy atom. The molecule has 1 rings (SSSR count). The molecular formula is C14H21NO3. The summed E-state index contributed by atoms with van der Waals surface area (Å²) >= 11 is 0. The summed E-state index contributed by atoms with van der Waals surface area (Å²) in [4.78, 5) is 12.0. The predicted octanol–water partition coefficient (Wildman–Crippen LogP) is 2.19. The quantitative estimate of drug-likeness (QED) is 0.788. The first-order valence-electron chi connectivity index (χ1n) is 6.05. The SMILES string of the molecule is COCCNC(=O)c1cccc(C(C)C)c1OC. The van der Waals surface area contributed by atoms with Crippen LogP contribution in [0.15, 0.2) is 18.2 Å². The standard InChI is InChI=1S/C14H21NO3/c1-10(2)11-6-5-7-12(13(11)18-4)14(16)15-8-9-17-3/h5-7,10H,8-9H2,1-4H3,(H,15,16). The zero-order valence-corrected chi connectivity index (χ0v) is 11.4. The van der Waals surface area contributed by atoms with Gasteiger partial charge in [0.15, 0.2) is 0 Å². The van der Waals surface area contributed by atoms with Crippen LogP contribution in [0.4, 0.5) is 0 Å². The number of carbonyl (C=O) groups excluding carboxylic acids is 1. The zero-order chi connectivity index (χ0) is 13.5. The molecule has 4 nitrogen and oxygen atoms in total. The maximum Gasteiger partial charge on any atom is 0.255 e. The molecule has 0 aliphatic carbocycles. The van der Waals surface area contributed by atoms with Crippen LogP contribution >= 0.6 is 0 Å². The van der Waals surface area contributed by atoms with Gasteiger partial charge in [0.05, 0.1) is 19.3 Å². The van der Waals surface area contributed by atoms with E-state index in [9.17, 15) is 4.79 Å². The van der Waals surface area contributed by atoms with Crippen molar-refractivity contribution < 1.29 is 14.3 Å². The number of nitrogens with one attached hydrogen (secondary N) is 1. The molecule has 0 unspecified atom stereocenters. The number of para-hydroxylation sites is 1. The molecule has 4 heteroatoms. The Morgan fingerprint density at radius 3 is 2.61 bits per heavy atom. The predicted molar refractivity (Wildman–Crippen MR) is 71.3 cm³/mol. The molecule has 1 amide bonds. The molecule has 0 atom stereocenters. The van der Waals surface area contributed by atoms with E-state index < -0.39 is 0 Å². The van der Waals surface area contributed by atoms with Crippen LogP contribution in [0.25, 0.3) is 0 Å². The van der Waals surface area contributed by atoms with Gasteiger partial charge >= 0.3 is 0 Å². The van der Waals surface area contributed by atoms with Crippen molar-refractivity contribution in [2.75, 3.05) is 27.4 Å². The van der Waals surface area contributed by atoms with E-state index in [0.29, 0.717) is 30.4 Å². The summed E-state index contributed by atoms with van der Waals surface area (Å²) in [5.74, 6) is 0.834. The summed E-state index contributed by atoms with van der Waals surface area (Å²) in [6, 6.07) is 5.63. The highest BCUT2D eigenvalue weighted by molar-refractivity contribution is 5.97. The number of hydrogen-bond acceptors (Lipinski definition) is 3. The third-order valence-electron chi connectivity index (χ3n) is 2.71. The van der Waals surface area contributed by atoms with E-state index >= 15 is 0 Å². The molecule has 0 heterocycles. The summed E-state index contributed by atoms with van der Waals surface area (Å²) in [5.41, 5.74) is 1.61. The highest BCUT2D eigenvalue weighted by Gasteiger charge is 2.16. The van der Waals surface area contributed by atoms with E-state index in [1.807, 2.05) is 12.1 Å². The summed E-state index contributed by atoms with van der Waals surface area (Å²) in [7, 11) is 3.19. The molecule has 18 heavy (non-hydrogen) atoms. The van der Waals surface area contributed by atoms with Gasteiger partial charge in [0.2, 0.25) is 0 Å². The van der Waals surface area contributed by atoms with Crippen molar-refractivity contribution >= 4 is 5.91 Å². The number of benzene rings is 1. The summed E-state index contributed by atoms with van der Waals surface area (Å²) in [6.07, 6.45) is 0. The number of ether oxygens (including phenoxy) is 2. The maximum absolute atomic E-state index is 12.0. The van der Waals surface area contributed by atoms with Crippen molar-refractivity contribution in [3.63, 3.8) is 0 Å². The molecule has 0 aliphatic heterocycles. The molecule has 0 spiro atoms. The van der Waals surface area contributed by atoms with E-state index in [1.54, 1.807) is 20.3 Å². The molecule has 1 aromatic carbocycles. The Morgan fingerprint density at radius 1 is 1.33 bits per heavy atom. The van der Waals surface area contributed by atoms with Gasteiger partial charge in [0, 0.05) is 13.7 Å². The lowest BCUT2D eigenvalue weighted by Crippen LogP contribution is -2.27. The van der Waals surface area contributed by atoms with Crippen molar-refractivity contribution in [1.29, 1.82) is 0 Å². The first kappa shape index (κ1) is 14.5. The first-order chi connectivity index (χ1) is 8.61.